The molecule has 0 aromatic heterocycles. The molecule has 0 aliphatic heterocycles. The number of amides is 1. The minimum absolute atomic E-state index is 0.108. The van der Waals surface area contributed by atoms with Gasteiger partial charge in [-0.3, -0.25) is 9.59 Å². The van der Waals surface area contributed by atoms with Crippen molar-refractivity contribution < 1.29 is 18.7 Å². The standard InChI is InChI=1S/C17H16FNO3/c1-2-22-16-8-5-13(11-20)9-15(16)19-17(21)10-12-3-6-14(18)7-4-12/h3-9,11H,2,10H2,1H3,(H,19,21). The van der Waals surface area contributed by atoms with E-state index >= 15 is 0 Å². The van der Waals surface area contributed by atoms with Gasteiger partial charge in [0.1, 0.15) is 17.9 Å². The van der Waals surface area contributed by atoms with Gasteiger partial charge in [-0.1, -0.05) is 12.1 Å². The first kappa shape index (κ1) is 15.7. The van der Waals surface area contributed by atoms with Crippen molar-refractivity contribution in [2.75, 3.05) is 11.9 Å². The normalized spacial score (nSPS) is 10.1. The molecule has 0 heterocycles. The molecule has 0 aliphatic carbocycles. The lowest BCUT2D eigenvalue weighted by Crippen LogP contribution is -2.15. The molecule has 0 spiro atoms. The third-order valence-electron chi connectivity index (χ3n) is 2.99. The molecule has 0 aliphatic rings. The molecule has 2 aromatic carbocycles. The summed E-state index contributed by atoms with van der Waals surface area (Å²) >= 11 is 0. The lowest BCUT2D eigenvalue weighted by molar-refractivity contribution is -0.115. The van der Waals surface area contributed by atoms with E-state index in [1.54, 1.807) is 30.3 Å². The zero-order chi connectivity index (χ0) is 15.9. The lowest BCUT2D eigenvalue weighted by atomic mass is 10.1. The molecule has 5 heteroatoms. The van der Waals surface area contributed by atoms with Crippen LogP contribution in [0.5, 0.6) is 5.75 Å². The summed E-state index contributed by atoms with van der Waals surface area (Å²) in [6.45, 7) is 2.28. The third kappa shape index (κ3) is 4.15. The highest BCUT2D eigenvalue weighted by Crippen LogP contribution is 2.25. The van der Waals surface area contributed by atoms with Crippen LogP contribution in [-0.2, 0) is 11.2 Å². The molecule has 2 aromatic rings. The number of carbonyl (C=O) groups is 2. The first-order valence-corrected chi connectivity index (χ1v) is 6.88. The SMILES string of the molecule is CCOc1ccc(C=O)cc1NC(=O)Cc1ccc(F)cc1. The maximum atomic E-state index is 12.8. The van der Waals surface area contributed by atoms with Gasteiger partial charge in [0.05, 0.1) is 18.7 Å². The van der Waals surface area contributed by atoms with Crippen LogP contribution in [0.2, 0.25) is 0 Å². The minimum atomic E-state index is -0.346. The molecule has 0 saturated heterocycles. The summed E-state index contributed by atoms with van der Waals surface area (Å²) in [5.74, 6) is -0.113. The van der Waals surface area contributed by atoms with E-state index in [4.69, 9.17) is 4.74 Å². The van der Waals surface area contributed by atoms with E-state index in [1.807, 2.05) is 6.92 Å². The number of benzene rings is 2. The van der Waals surface area contributed by atoms with Gasteiger partial charge in [-0.15, -0.1) is 0 Å². The summed E-state index contributed by atoms with van der Waals surface area (Å²) < 4.78 is 18.3. The largest absolute Gasteiger partial charge is 0.492 e. The van der Waals surface area contributed by atoms with Crippen molar-refractivity contribution in [3.63, 3.8) is 0 Å². The van der Waals surface area contributed by atoms with Crippen molar-refractivity contribution >= 4 is 17.9 Å². The fraction of sp³-hybridized carbons (Fsp3) is 0.176. The molecule has 0 atom stereocenters. The van der Waals surface area contributed by atoms with Gasteiger partial charge in [0, 0.05) is 5.56 Å². The molecule has 0 bridgehead atoms. The summed E-state index contributed by atoms with van der Waals surface area (Å²) in [6.07, 6.45) is 0.808. The highest BCUT2D eigenvalue weighted by molar-refractivity contribution is 5.94. The number of aldehydes is 1. The monoisotopic (exact) mass is 301 g/mol. The second-order valence-electron chi connectivity index (χ2n) is 4.66. The Morgan fingerprint density at radius 3 is 2.59 bits per heavy atom. The number of anilines is 1. The summed E-state index contributed by atoms with van der Waals surface area (Å²) in [6, 6.07) is 10.5. The predicted octanol–water partition coefficient (Wildman–Crippen LogP) is 3.22. The molecule has 0 fully saturated rings. The second-order valence-corrected chi connectivity index (χ2v) is 4.66. The van der Waals surface area contributed by atoms with Crippen LogP contribution in [0.25, 0.3) is 0 Å². The quantitative estimate of drug-likeness (QED) is 0.833. The highest BCUT2D eigenvalue weighted by atomic mass is 19.1. The van der Waals surface area contributed by atoms with Crippen molar-refractivity contribution in [2.45, 2.75) is 13.3 Å². The summed E-state index contributed by atoms with van der Waals surface area (Å²) in [7, 11) is 0. The second kappa shape index (κ2) is 7.36. The van der Waals surface area contributed by atoms with E-state index in [-0.39, 0.29) is 18.1 Å². The Balaban J connectivity index is 2.12. The van der Waals surface area contributed by atoms with Gasteiger partial charge in [-0.25, -0.2) is 4.39 Å². The number of halogens is 1. The lowest BCUT2D eigenvalue weighted by Gasteiger charge is -2.12. The van der Waals surface area contributed by atoms with Crippen LogP contribution in [-0.4, -0.2) is 18.8 Å². The first-order chi connectivity index (χ1) is 10.6. The summed E-state index contributed by atoms with van der Waals surface area (Å²) in [4.78, 5) is 22.9. The highest BCUT2D eigenvalue weighted by Gasteiger charge is 2.10. The smallest absolute Gasteiger partial charge is 0.228 e. The maximum Gasteiger partial charge on any atom is 0.228 e. The van der Waals surface area contributed by atoms with Crippen LogP contribution in [0.3, 0.4) is 0 Å². The van der Waals surface area contributed by atoms with Gasteiger partial charge < -0.3 is 10.1 Å². The minimum Gasteiger partial charge on any atom is -0.492 e. The summed E-state index contributed by atoms with van der Waals surface area (Å²) in [5.41, 5.74) is 1.59. The molecule has 1 N–H and O–H groups in total. The van der Waals surface area contributed by atoms with Crippen LogP contribution < -0.4 is 10.1 Å². The van der Waals surface area contributed by atoms with Crippen molar-refractivity contribution in [3.8, 4) is 5.75 Å². The van der Waals surface area contributed by atoms with E-state index < -0.39 is 0 Å². The van der Waals surface area contributed by atoms with Crippen molar-refractivity contribution in [3.05, 3.63) is 59.4 Å². The fourth-order valence-corrected chi connectivity index (χ4v) is 1.98. The van der Waals surface area contributed by atoms with Crippen LogP contribution in [0.4, 0.5) is 10.1 Å². The zero-order valence-electron chi connectivity index (χ0n) is 12.1. The molecule has 0 saturated carbocycles. The Kier molecular flexibility index (Phi) is 5.25. The van der Waals surface area contributed by atoms with Gasteiger partial charge in [0.25, 0.3) is 0 Å². The number of rotatable bonds is 6. The number of hydrogen-bond donors (Lipinski definition) is 1. The summed E-state index contributed by atoms with van der Waals surface area (Å²) in [5, 5.41) is 2.72. The Hall–Kier alpha value is -2.69. The number of ether oxygens (including phenoxy) is 1. The van der Waals surface area contributed by atoms with Gasteiger partial charge in [-0.2, -0.15) is 0 Å². The molecule has 0 radical (unpaired) electrons. The molecular formula is C17H16FNO3. The Morgan fingerprint density at radius 1 is 1.23 bits per heavy atom. The molecule has 114 valence electrons. The van der Waals surface area contributed by atoms with E-state index in [1.165, 1.54) is 12.1 Å². The van der Waals surface area contributed by atoms with E-state index in [9.17, 15) is 14.0 Å². The van der Waals surface area contributed by atoms with Crippen LogP contribution in [0, 0.1) is 5.82 Å². The number of hydrogen-bond acceptors (Lipinski definition) is 3. The van der Waals surface area contributed by atoms with Gasteiger partial charge >= 0.3 is 0 Å². The molecule has 22 heavy (non-hydrogen) atoms. The van der Waals surface area contributed by atoms with Crippen LogP contribution in [0.1, 0.15) is 22.8 Å². The van der Waals surface area contributed by atoms with Crippen molar-refractivity contribution in [1.29, 1.82) is 0 Å². The molecular weight excluding hydrogens is 285 g/mol. The van der Waals surface area contributed by atoms with Crippen molar-refractivity contribution in [2.24, 2.45) is 0 Å². The van der Waals surface area contributed by atoms with Crippen LogP contribution >= 0.6 is 0 Å². The van der Waals surface area contributed by atoms with E-state index in [0.29, 0.717) is 35.5 Å². The Morgan fingerprint density at radius 2 is 1.95 bits per heavy atom. The molecule has 0 unspecified atom stereocenters. The van der Waals surface area contributed by atoms with Gasteiger partial charge in [0.2, 0.25) is 5.91 Å². The first-order valence-electron chi connectivity index (χ1n) is 6.88. The molecule has 2 rings (SSSR count). The number of nitrogens with one attached hydrogen (secondary N) is 1. The predicted molar refractivity (Wildman–Crippen MR) is 81.7 cm³/mol. The zero-order valence-corrected chi connectivity index (χ0v) is 12.1. The Bertz CT molecular complexity index is 668. The average molecular weight is 301 g/mol. The van der Waals surface area contributed by atoms with Gasteiger partial charge in [0.15, 0.2) is 0 Å². The molecule has 1 amide bonds. The Labute approximate surface area is 127 Å². The fourth-order valence-electron chi connectivity index (χ4n) is 1.98. The van der Waals surface area contributed by atoms with E-state index in [2.05, 4.69) is 5.32 Å². The van der Waals surface area contributed by atoms with E-state index in [0.717, 1.165) is 0 Å². The van der Waals surface area contributed by atoms with Crippen molar-refractivity contribution in [1.82, 2.24) is 0 Å². The topological polar surface area (TPSA) is 55.4 Å². The van der Waals surface area contributed by atoms with Gasteiger partial charge in [-0.05, 0) is 42.8 Å². The molecule has 4 nitrogen and oxygen atoms in total. The van der Waals surface area contributed by atoms with Crippen LogP contribution in [0.15, 0.2) is 42.5 Å². The number of carbonyl (C=O) groups excluding carboxylic acids is 2. The average Bonchev–Trinajstić information content (AvgIpc) is 2.51. The maximum absolute atomic E-state index is 12.8. The third-order valence-corrected chi connectivity index (χ3v) is 2.99.